The molecule has 1 heterocycles. The van der Waals surface area contributed by atoms with Crippen molar-refractivity contribution >= 4 is 29.7 Å². The zero-order valence-electron chi connectivity index (χ0n) is 12.7. The molecule has 5 heteroatoms. The van der Waals surface area contributed by atoms with Crippen LogP contribution in [0.4, 0.5) is 5.69 Å². The second-order valence-electron chi connectivity index (χ2n) is 5.27. The van der Waals surface area contributed by atoms with E-state index in [1.807, 2.05) is 24.3 Å². The number of anilines is 1. The third-order valence-corrected chi connectivity index (χ3v) is 4.10. The van der Waals surface area contributed by atoms with Crippen LogP contribution >= 0.6 is 11.3 Å². The zero-order valence-corrected chi connectivity index (χ0v) is 13.5. The van der Waals surface area contributed by atoms with E-state index in [1.54, 1.807) is 0 Å². The van der Waals surface area contributed by atoms with E-state index in [2.05, 4.69) is 48.6 Å². The Bertz CT molecular complexity index is 760. The first-order chi connectivity index (χ1) is 9.97. The summed E-state index contributed by atoms with van der Waals surface area (Å²) in [6, 6.07) is 8.12. The van der Waals surface area contributed by atoms with E-state index in [4.69, 9.17) is 0 Å². The van der Waals surface area contributed by atoms with E-state index in [1.165, 1.54) is 11.3 Å². The van der Waals surface area contributed by atoms with E-state index in [9.17, 15) is 4.79 Å². The Morgan fingerprint density at radius 1 is 1.24 bits per heavy atom. The lowest BCUT2D eigenvalue weighted by atomic mass is 10.1. The van der Waals surface area contributed by atoms with E-state index >= 15 is 0 Å². The molecule has 4 nitrogen and oxygen atoms in total. The molecule has 0 atom stereocenters. The van der Waals surface area contributed by atoms with Crippen molar-refractivity contribution in [3.8, 4) is 0 Å². The highest BCUT2D eigenvalue weighted by Gasteiger charge is 2.06. The van der Waals surface area contributed by atoms with Gasteiger partial charge in [-0.1, -0.05) is 24.8 Å². The lowest BCUT2D eigenvalue weighted by molar-refractivity contribution is 0.416. The van der Waals surface area contributed by atoms with Crippen LogP contribution in [0.2, 0.25) is 0 Å². The van der Waals surface area contributed by atoms with Crippen LogP contribution in [-0.4, -0.2) is 44.1 Å². The summed E-state index contributed by atoms with van der Waals surface area (Å²) in [6.45, 7) is 5.69. The molecule has 112 valence electrons. The summed E-state index contributed by atoms with van der Waals surface area (Å²) in [5.74, 6) is 0. The Hall–Kier alpha value is -1.85. The number of hydrogen-bond donors (Lipinski definition) is 1. The number of likely N-dealkylation sites (N-methyl/N-ethyl adjacent to an activating group) is 2. The van der Waals surface area contributed by atoms with Gasteiger partial charge < -0.3 is 14.8 Å². The zero-order chi connectivity index (χ0) is 15.4. The van der Waals surface area contributed by atoms with Crippen LogP contribution in [0.3, 0.4) is 0 Å². The molecule has 2 aromatic rings. The predicted octanol–water partition coefficient (Wildman–Crippen LogP) is 0.673. The molecule has 0 bridgehead atoms. The molecule has 0 fully saturated rings. The number of benzene rings is 1. The van der Waals surface area contributed by atoms with E-state index < -0.39 is 0 Å². The average Bonchev–Trinajstić information content (AvgIpc) is 2.75. The molecule has 0 spiro atoms. The minimum absolute atomic E-state index is 0.0734. The maximum Gasteiger partial charge on any atom is 0.266 e. The summed E-state index contributed by atoms with van der Waals surface area (Å²) >= 11 is 1.39. The minimum atomic E-state index is -0.0734. The van der Waals surface area contributed by atoms with Crippen molar-refractivity contribution in [1.29, 1.82) is 0 Å². The molecule has 0 saturated heterocycles. The summed E-state index contributed by atoms with van der Waals surface area (Å²) in [5.41, 5.74) is 2.10. The van der Waals surface area contributed by atoms with Gasteiger partial charge in [-0.2, -0.15) is 0 Å². The molecule has 0 unspecified atom stereocenters. The van der Waals surface area contributed by atoms with Crippen molar-refractivity contribution in [3.05, 3.63) is 49.4 Å². The third-order valence-electron chi connectivity index (χ3n) is 3.23. The topological polar surface area (TPSA) is 39.3 Å². The Balaban J connectivity index is 2.37. The molecule has 2 rings (SSSR count). The van der Waals surface area contributed by atoms with Gasteiger partial charge in [0.1, 0.15) is 0 Å². The number of aromatic nitrogens is 1. The fourth-order valence-corrected chi connectivity index (χ4v) is 2.80. The van der Waals surface area contributed by atoms with Gasteiger partial charge in [-0.3, -0.25) is 4.79 Å². The minimum Gasteiger partial charge on any atom is -0.373 e. The number of aromatic amines is 1. The third kappa shape index (κ3) is 4.06. The molecular weight excluding hydrogens is 282 g/mol. The molecule has 0 aliphatic rings. The second kappa shape index (κ2) is 6.74. The van der Waals surface area contributed by atoms with E-state index in [0.29, 0.717) is 9.20 Å². The van der Waals surface area contributed by atoms with Gasteiger partial charge in [-0.05, 0) is 31.8 Å². The van der Waals surface area contributed by atoms with Crippen LogP contribution in [0.25, 0.3) is 12.7 Å². The van der Waals surface area contributed by atoms with Gasteiger partial charge in [0.2, 0.25) is 0 Å². The van der Waals surface area contributed by atoms with Crippen LogP contribution in [0.15, 0.2) is 29.1 Å². The quantitative estimate of drug-likeness (QED) is 0.883. The largest absolute Gasteiger partial charge is 0.373 e. The molecule has 1 N–H and O–H groups in total. The molecular formula is C16H21N3OS. The van der Waals surface area contributed by atoms with E-state index in [0.717, 1.165) is 24.3 Å². The molecule has 0 radical (unpaired) electrons. The Morgan fingerprint density at radius 2 is 1.95 bits per heavy atom. The predicted molar refractivity (Wildman–Crippen MR) is 91.5 cm³/mol. The second-order valence-corrected chi connectivity index (χ2v) is 6.41. The van der Waals surface area contributed by atoms with Crippen LogP contribution in [0, 0.1) is 0 Å². The average molecular weight is 303 g/mol. The summed E-state index contributed by atoms with van der Waals surface area (Å²) in [5, 5.41) is 0. The van der Waals surface area contributed by atoms with Crippen LogP contribution in [-0.2, 0) is 0 Å². The number of thiazole rings is 1. The number of nitrogens with one attached hydrogen (secondary N) is 1. The highest BCUT2D eigenvalue weighted by molar-refractivity contribution is 7.07. The van der Waals surface area contributed by atoms with Crippen molar-refractivity contribution in [1.82, 2.24) is 9.88 Å². The molecule has 0 aliphatic heterocycles. The van der Waals surface area contributed by atoms with Crippen LogP contribution < -0.4 is 19.7 Å². The Morgan fingerprint density at radius 3 is 2.57 bits per heavy atom. The van der Waals surface area contributed by atoms with Crippen molar-refractivity contribution in [2.75, 3.05) is 39.1 Å². The molecule has 21 heavy (non-hydrogen) atoms. The monoisotopic (exact) mass is 303 g/mol. The van der Waals surface area contributed by atoms with Crippen molar-refractivity contribution < 1.29 is 0 Å². The SMILES string of the molecule is C=c1[nH]c(=O)c(=Cc2ccccc2N(C)CCN(C)C)s1. The van der Waals surface area contributed by atoms with Crippen molar-refractivity contribution in [2.45, 2.75) is 0 Å². The first kappa shape index (κ1) is 15.5. The van der Waals surface area contributed by atoms with Crippen LogP contribution in [0.1, 0.15) is 5.56 Å². The molecule has 0 saturated carbocycles. The lowest BCUT2D eigenvalue weighted by Gasteiger charge is -2.23. The first-order valence-electron chi connectivity index (χ1n) is 6.82. The molecule has 0 aliphatic carbocycles. The van der Waals surface area contributed by atoms with Gasteiger partial charge in [0, 0.05) is 25.8 Å². The van der Waals surface area contributed by atoms with E-state index in [-0.39, 0.29) is 5.56 Å². The highest BCUT2D eigenvalue weighted by Crippen LogP contribution is 2.19. The van der Waals surface area contributed by atoms with Gasteiger partial charge in [-0.15, -0.1) is 11.3 Å². The molecule has 1 aromatic heterocycles. The van der Waals surface area contributed by atoms with Crippen molar-refractivity contribution in [3.63, 3.8) is 0 Å². The first-order valence-corrected chi connectivity index (χ1v) is 7.63. The molecule has 1 aromatic carbocycles. The van der Waals surface area contributed by atoms with Crippen LogP contribution in [0.5, 0.6) is 0 Å². The highest BCUT2D eigenvalue weighted by atomic mass is 32.1. The number of rotatable bonds is 5. The van der Waals surface area contributed by atoms with Crippen molar-refractivity contribution in [2.24, 2.45) is 0 Å². The number of para-hydroxylation sites is 1. The summed E-state index contributed by atoms with van der Waals surface area (Å²) < 4.78 is 1.37. The van der Waals surface area contributed by atoms with Gasteiger partial charge in [0.05, 0.1) is 9.20 Å². The normalized spacial score (nSPS) is 12.1. The smallest absolute Gasteiger partial charge is 0.266 e. The van der Waals surface area contributed by atoms with Gasteiger partial charge in [-0.25, -0.2) is 0 Å². The Kier molecular flexibility index (Phi) is 4.98. The standard InChI is InChI=1S/C16H21N3OS/c1-12-17-16(20)15(21-12)11-13-7-5-6-8-14(13)19(4)10-9-18(2)3/h5-8,11H,1,9-10H2,2-4H3,(H,17,20). The number of H-pyrrole nitrogens is 1. The Labute approximate surface area is 128 Å². The molecule has 0 amide bonds. The summed E-state index contributed by atoms with van der Waals surface area (Å²) in [6.07, 6.45) is 1.93. The fraction of sp³-hybridized carbons (Fsp3) is 0.312. The maximum atomic E-state index is 11.8. The maximum absolute atomic E-state index is 11.8. The van der Waals surface area contributed by atoms with Gasteiger partial charge >= 0.3 is 0 Å². The summed E-state index contributed by atoms with van der Waals surface area (Å²) in [4.78, 5) is 18.9. The van der Waals surface area contributed by atoms with Gasteiger partial charge in [0.25, 0.3) is 5.56 Å². The summed E-state index contributed by atoms with van der Waals surface area (Å²) in [7, 11) is 6.20. The fourth-order valence-electron chi connectivity index (χ4n) is 2.06. The number of hydrogen-bond acceptors (Lipinski definition) is 4. The van der Waals surface area contributed by atoms with Gasteiger partial charge in [0.15, 0.2) is 0 Å². The lowest BCUT2D eigenvalue weighted by Crippen LogP contribution is -2.29. The number of nitrogens with zero attached hydrogens (tertiary/aromatic N) is 2.